The Balaban J connectivity index is 1.93. The first-order valence-electron chi connectivity index (χ1n) is 6.58. The van der Waals surface area contributed by atoms with Crippen LogP contribution >= 0.6 is 0 Å². The monoisotopic (exact) mass is 303 g/mol. The fourth-order valence-corrected chi connectivity index (χ4v) is 1.78. The van der Waals surface area contributed by atoms with E-state index in [1.807, 2.05) is 0 Å². The number of hydrogen-bond acceptors (Lipinski definition) is 4. The van der Waals surface area contributed by atoms with Crippen LogP contribution in [0, 0.1) is 0 Å². The summed E-state index contributed by atoms with van der Waals surface area (Å²) in [4.78, 5) is 23.0. The van der Waals surface area contributed by atoms with Crippen molar-refractivity contribution in [3.63, 3.8) is 0 Å². The van der Waals surface area contributed by atoms with Crippen LogP contribution in [0.1, 0.15) is 10.4 Å². The van der Waals surface area contributed by atoms with Gasteiger partial charge in [0.05, 0.1) is 25.0 Å². The second-order valence-corrected chi connectivity index (χ2v) is 4.51. The van der Waals surface area contributed by atoms with Gasteiger partial charge in [0.15, 0.2) is 0 Å². The molecule has 0 aliphatic rings. The predicted molar refractivity (Wildman–Crippen MR) is 81.7 cm³/mol. The molecule has 22 heavy (non-hydrogen) atoms. The Bertz CT molecular complexity index is 668. The van der Waals surface area contributed by atoms with Crippen molar-refractivity contribution < 1.29 is 14.3 Å². The summed E-state index contributed by atoms with van der Waals surface area (Å²) in [5, 5.41) is 9.35. The van der Waals surface area contributed by atoms with E-state index in [1.54, 1.807) is 36.2 Å². The van der Waals surface area contributed by atoms with Crippen LogP contribution in [0.2, 0.25) is 0 Å². The number of carbonyl (C=O) groups is 2. The summed E-state index contributed by atoms with van der Waals surface area (Å²) >= 11 is 0. The van der Waals surface area contributed by atoms with E-state index in [0.29, 0.717) is 30.1 Å². The van der Waals surface area contributed by atoms with E-state index in [0.717, 1.165) is 0 Å². The van der Waals surface area contributed by atoms with Crippen molar-refractivity contribution >= 4 is 23.3 Å². The van der Waals surface area contributed by atoms with E-state index in [1.165, 1.54) is 12.3 Å². The Hall–Kier alpha value is -2.87. The first kappa shape index (κ1) is 15.5. The van der Waals surface area contributed by atoms with Gasteiger partial charge in [0, 0.05) is 24.6 Å². The number of rotatable bonds is 6. The topological polar surface area (TPSA) is 111 Å². The van der Waals surface area contributed by atoms with Crippen molar-refractivity contribution in [2.45, 2.75) is 6.54 Å². The van der Waals surface area contributed by atoms with Gasteiger partial charge in [0.1, 0.15) is 0 Å². The summed E-state index contributed by atoms with van der Waals surface area (Å²) in [6.45, 7) is 1.13. The highest BCUT2D eigenvalue weighted by molar-refractivity contribution is 6.01. The minimum absolute atomic E-state index is 0.324. The van der Waals surface area contributed by atoms with Gasteiger partial charge < -0.3 is 21.1 Å². The van der Waals surface area contributed by atoms with Crippen LogP contribution in [0.25, 0.3) is 0 Å². The lowest BCUT2D eigenvalue weighted by Crippen LogP contribution is -2.19. The molecule has 0 bridgehead atoms. The minimum Gasteiger partial charge on any atom is -0.383 e. The van der Waals surface area contributed by atoms with E-state index >= 15 is 0 Å². The highest BCUT2D eigenvalue weighted by Crippen LogP contribution is 2.11. The molecule has 2 aromatic rings. The van der Waals surface area contributed by atoms with Crippen molar-refractivity contribution in [2.75, 3.05) is 24.4 Å². The van der Waals surface area contributed by atoms with E-state index in [2.05, 4.69) is 15.7 Å². The molecule has 0 fully saturated rings. The molecule has 0 spiro atoms. The number of amides is 3. The highest BCUT2D eigenvalue weighted by atomic mass is 16.5. The van der Waals surface area contributed by atoms with Crippen molar-refractivity contribution in [3.05, 3.63) is 42.2 Å². The van der Waals surface area contributed by atoms with E-state index in [4.69, 9.17) is 10.5 Å². The van der Waals surface area contributed by atoms with Crippen molar-refractivity contribution in [2.24, 2.45) is 5.73 Å². The second kappa shape index (κ2) is 7.23. The summed E-state index contributed by atoms with van der Waals surface area (Å²) < 4.78 is 6.61. The SMILES string of the molecule is COCCn1cc(NC(=O)Nc2cccc(C(N)=O)c2)cn1. The average molecular weight is 303 g/mol. The predicted octanol–water partition coefficient (Wildman–Crippen LogP) is 1.27. The molecule has 2 rings (SSSR count). The van der Waals surface area contributed by atoms with Crippen LogP contribution in [-0.4, -0.2) is 35.4 Å². The average Bonchev–Trinajstić information content (AvgIpc) is 2.92. The minimum atomic E-state index is -0.552. The van der Waals surface area contributed by atoms with Gasteiger partial charge >= 0.3 is 6.03 Å². The third-order valence-corrected chi connectivity index (χ3v) is 2.82. The molecular weight excluding hydrogens is 286 g/mol. The lowest BCUT2D eigenvalue weighted by atomic mass is 10.2. The summed E-state index contributed by atoms with van der Waals surface area (Å²) in [5.41, 5.74) is 6.54. The molecule has 1 aromatic carbocycles. The number of carbonyl (C=O) groups excluding carboxylic acids is 2. The molecule has 4 N–H and O–H groups in total. The molecular formula is C14H17N5O3. The fourth-order valence-electron chi connectivity index (χ4n) is 1.78. The molecule has 0 saturated heterocycles. The molecule has 8 heteroatoms. The number of aromatic nitrogens is 2. The lowest BCUT2D eigenvalue weighted by molar-refractivity contribution is 0.100. The normalized spacial score (nSPS) is 10.2. The third kappa shape index (κ3) is 4.32. The van der Waals surface area contributed by atoms with E-state index < -0.39 is 11.9 Å². The van der Waals surface area contributed by atoms with Crippen molar-refractivity contribution in [3.8, 4) is 0 Å². The standard InChI is InChI=1S/C14H17N5O3/c1-22-6-5-19-9-12(8-16-19)18-14(21)17-11-4-2-3-10(7-11)13(15)20/h2-4,7-9H,5-6H2,1H3,(H2,15,20)(H2,17,18,21). The van der Waals surface area contributed by atoms with Crippen LogP contribution in [0.3, 0.4) is 0 Å². The smallest absolute Gasteiger partial charge is 0.323 e. The van der Waals surface area contributed by atoms with Gasteiger partial charge in [0.25, 0.3) is 0 Å². The number of methoxy groups -OCH3 is 1. The van der Waals surface area contributed by atoms with Crippen LogP contribution < -0.4 is 16.4 Å². The number of nitrogens with two attached hydrogens (primary N) is 1. The molecule has 0 aliphatic heterocycles. The van der Waals surface area contributed by atoms with Gasteiger partial charge in [-0.1, -0.05) is 6.07 Å². The zero-order valence-electron chi connectivity index (χ0n) is 12.1. The Morgan fingerprint density at radius 1 is 1.32 bits per heavy atom. The zero-order valence-corrected chi connectivity index (χ0v) is 12.1. The lowest BCUT2D eigenvalue weighted by Gasteiger charge is -2.06. The van der Waals surface area contributed by atoms with Gasteiger partial charge in [-0.15, -0.1) is 0 Å². The van der Waals surface area contributed by atoms with E-state index in [-0.39, 0.29) is 0 Å². The Morgan fingerprint density at radius 3 is 2.82 bits per heavy atom. The van der Waals surface area contributed by atoms with Crippen molar-refractivity contribution in [1.29, 1.82) is 0 Å². The quantitative estimate of drug-likeness (QED) is 0.746. The molecule has 1 aromatic heterocycles. The first-order chi connectivity index (χ1) is 10.6. The van der Waals surface area contributed by atoms with Crippen molar-refractivity contribution in [1.82, 2.24) is 9.78 Å². The maximum atomic E-state index is 11.9. The number of ether oxygens (including phenoxy) is 1. The molecule has 0 unspecified atom stereocenters. The highest BCUT2D eigenvalue weighted by Gasteiger charge is 2.06. The first-order valence-corrected chi connectivity index (χ1v) is 6.58. The molecule has 0 radical (unpaired) electrons. The molecule has 0 saturated carbocycles. The third-order valence-electron chi connectivity index (χ3n) is 2.82. The largest absolute Gasteiger partial charge is 0.383 e. The number of benzene rings is 1. The summed E-state index contributed by atoms with van der Waals surface area (Å²) in [7, 11) is 1.61. The number of urea groups is 1. The van der Waals surface area contributed by atoms with Gasteiger partial charge in [-0.05, 0) is 18.2 Å². The van der Waals surface area contributed by atoms with Crippen LogP contribution in [-0.2, 0) is 11.3 Å². The zero-order chi connectivity index (χ0) is 15.9. The van der Waals surface area contributed by atoms with Crippen LogP contribution in [0.5, 0.6) is 0 Å². The van der Waals surface area contributed by atoms with Gasteiger partial charge in [-0.2, -0.15) is 5.10 Å². The maximum absolute atomic E-state index is 11.9. The van der Waals surface area contributed by atoms with Gasteiger partial charge in [-0.25, -0.2) is 4.79 Å². The van der Waals surface area contributed by atoms with Gasteiger partial charge in [-0.3, -0.25) is 9.48 Å². The number of nitrogens with one attached hydrogen (secondary N) is 2. The fraction of sp³-hybridized carbons (Fsp3) is 0.214. The summed E-state index contributed by atoms with van der Waals surface area (Å²) in [5.74, 6) is -0.552. The summed E-state index contributed by atoms with van der Waals surface area (Å²) in [6.07, 6.45) is 3.23. The molecule has 3 amide bonds. The second-order valence-electron chi connectivity index (χ2n) is 4.51. The molecule has 1 heterocycles. The Labute approximate surface area is 127 Å². The molecule has 0 aliphatic carbocycles. The van der Waals surface area contributed by atoms with Gasteiger partial charge in [0.2, 0.25) is 5.91 Å². The number of nitrogens with zero attached hydrogens (tertiary/aromatic N) is 2. The van der Waals surface area contributed by atoms with Crippen LogP contribution in [0.15, 0.2) is 36.7 Å². The maximum Gasteiger partial charge on any atom is 0.323 e. The Morgan fingerprint density at radius 2 is 2.09 bits per heavy atom. The number of anilines is 2. The van der Waals surface area contributed by atoms with Crippen LogP contribution in [0.4, 0.5) is 16.2 Å². The van der Waals surface area contributed by atoms with E-state index in [9.17, 15) is 9.59 Å². The summed E-state index contributed by atoms with van der Waals surface area (Å²) in [6, 6.07) is 5.94. The molecule has 116 valence electrons. The molecule has 0 atom stereocenters. The number of hydrogen-bond donors (Lipinski definition) is 3. The molecule has 8 nitrogen and oxygen atoms in total. The Kier molecular flexibility index (Phi) is 5.10. The number of primary amides is 1.